The Morgan fingerprint density at radius 2 is 1.94 bits per heavy atom. The summed E-state index contributed by atoms with van der Waals surface area (Å²) < 4.78 is 5.06. The Labute approximate surface area is 113 Å². The Balaban J connectivity index is 2.60. The molecule has 18 heavy (non-hydrogen) atoms. The van der Waals surface area contributed by atoms with Crippen LogP contribution in [0.25, 0.3) is 0 Å². The maximum absolute atomic E-state index is 11.9. The van der Waals surface area contributed by atoms with Crippen molar-refractivity contribution >= 4 is 23.1 Å². The van der Waals surface area contributed by atoms with E-state index in [1.807, 2.05) is 24.3 Å². The maximum Gasteiger partial charge on any atom is 0.232 e. The van der Waals surface area contributed by atoms with Crippen molar-refractivity contribution in [1.29, 1.82) is 0 Å². The number of nitrogens with one attached hydrogen (secondary N) is 1. The molecule has 0 saturated heterocycles. The van der Waals surface area contributed by atoms with Crippen LogP contribution in [0.1, 0.15) is 19.4 Å². The second-order valence-corrected chi connectivity index (χ2v) is 4.96. The molecule has 3 N–H and O–H groups in total. The summed E-state index contributed by atoms with van der Waals surface area (Å²) in [5, 5.41) is 2.81. The highest BCUT2D eigenvalue weighted by Gasteiger charge is 2.30. The number of hydrogen-bond acceptors (Lipinski definition) is 3. The zero-order valence-corrected chi connectivity index (χ0v) is 11.6. The first-order valence-electron chi connectivity index (χ1n) is 5.59. The van der Waals surface area contributed by atoms with Gasteiger partial charge in [0, 0.05) is 6.54 Å². The molecule has 0 aromatic heterocycles. The average molecular weight is 266 g/mol. The molecule has 0 aliphatic carbocycles. The van der Waals surface area contributed by atoms with Gasteiger partial charge in [0.05, 0.1) is 17.5 Å². The second kappa shape index (κ2) is 5.82. The van der Waals surface area contributed by atoms with E-state index in [1.165, 1.54) is 0 Å². The lowest BCUT2D eigenvalue weighted by molar-refractivity contribution is -0.126. The summed E-state index contributed by atoms with van der Waals surface area (Å²) >= 11 is 4.87. The first kappa shape index (κ1) is 14.4. The van der Waals surface area contributed by atoms with Gasteiger partial charge in [-0.3, -0.25) is 4.79 Å². The molecule has 1 aromatic rings. The molecule has 0 unspecified atom stereocenters. The monoisotopic (exact) mass is 266 g/mol. The molecule has 0 heterocycles. The summed E-state index contributed by atoms with van der Waals surface area (Å²) in [6, 6.07) is 7.49. The molecule has 5 heteroatoms. The smallest absolute Gasteiger partial charge is 0.232 e. The van der Waals surface area contributed by atoms with Gasteiger partial charge < -0.3 is 15.8 Å². The fraction of sp³-hybridized carbons (Fsp3) is 0.385. The Morgan fingerprint density at radius 3 is 2.39 bits per heavy atom. The molecule has 0 fully saturated rings. The highest BCUT2D eigenvalue weighted by molar-refractivity contribution is 7.80. The molecule has 0 radical (unpaired) electrons. The van der Waals surface area contributed by atoms with E-state index >= 15 is 0 Å². The maximum atomic E-state index is 11.9. The van der Waals surface area contributed by atoms with Crippen molar-refractivity contribution in [3.05, 3.63) is 29.8 Å². The summed E-state index contributed by atoms with van der Waals surface area (Å²) in [7, 11) is 1.61. The standard InChI is InChI=1S/C13H18N2O2S/c1-13(2,11(14)18)12(16)15-8-9-4-6-10(17-3)7-5-9/h4-7H,8H2,1-3H3,(H2,14,18)(H,15,16). The number of rotatable bonds is 5. The van der Waals surface area contributed by atoms with Crippen LogP contribution in [0.3, 0.4) is 0 Å². The van der Waals surface area contributed by atoms with E-state index in [0.717, 1.165) is 11.3 Å². The first-order chi connectivity index (χ1) is 8.37. The number of carbonyl (C=O) groups is 1. The molecule has 1 amide bonds. The van der Waals surface area contributed by atoms with Crippen LogP contribution in [0.4, 0.5) is 0 Å². The normalized spacial score (nSPS) is 10.8. The minimum Gasteiger partial charge on any atom is -0.497 e. The van der Waals surface area contributed by atoms with Gasteiger partial charge in [0.25, 0.3) is 0 Å². The van der Waals surface area contributed by atoms with Gasteiger partial charge in [-0.1, -0.05) is 24.4 Å². The van der Waals surface area contributed by atoms with Crippen molar-refractivity contribution in [2.45, 2.75) is 20.4 Å². The van der Waals surface area contributed by atoms with Crippen LogP contribution in [-0.4, -0.2) is 18.0 Å². The van der Waals surface area contributed by atoms with Crippen LogP contribution >= 0.6 is 12.2 Å². The van der Waals surface area contributed by atoms with Gasteiger partial charge in [0.2, 0.25) is 5.91 Å². The molecule has 0 saturated carbocycles. The number of benzene rings is 1. The number of carbonyl (C=O) groups excluding carboxylic acids is 1. The lowest BCUT2D eigenvalue weighted by atomic mass is 9.92. The van der Waals surface area contributed by atoms with Crippen LogP contribution < -0.4 is 15.8 Å². The largest absolute Gasteiger partial charge is 0.497 e. The third-order valence-electron chi connectivity index (χ3n) is 2.80. The minimum atomic E-state index is -0.832. The summed E-state index contributed by atoms with van der Waals surface area (Å²) in [5.41, 5.74) is 5.69. The van der Waals surface area contributed by atoms with Gasteiger partial charge in [-0.15, -0.1) is 0 Å². The van der Waals surface area contributed by atoms with E-state index in [2.05, 4.69) is 5.32 Å². The van der Waals surface area contributed by atoms with Crippen LogP contribution in [-0.2, 0) is 11.3 Å². The molecular formula is C13H18N2O2S. The molecule has 1 aromatic carbocycles. The Bertz CT molecular complexity index is 441. The second-order valence-electron chi connectivity index (χ2n) is 4.52. The fourth-order valence-electron chi connectivity index (χ4n) is 1.26. The van der Waals surface area contributed by atoms with Crippen LogP contribution in [0.15, 0.2) is 24.3 Å². The number of thiocarbonyl (C=S) groups is 1. The lowest BCUT2D eigenvalue weighted by Crippen LogP contribution is -2.44. The number of methoxy groups -OCH3 is 1. The SMILES string of the molecule is COc1ccc(CNC(=O)C(C)(C)C(N)=S)cc1. The van der Waals surface area contributed by atoms with Crippen molar-refractivity contribution in [2.24, 2.45) is 11.1 Å². The van der Waals surface area contributed by atoms with E-state index in [1.54, 1.807) is 21.0 Å². The molecule has 0 aliphatic heterocycles. The van der Waals surface area contributed by atoms with Crippen LogP contribution in [0, 0.1) is 5.41 Å². The quantitative estimate of drug-likeness (QED) is 0.795. The molecule has 98 valence electrons. The molecule has 0 atom stereocenters. The predicted octanol–water partition coefficient (Wildman–Crippen LogP) is 1.62. The van der Waals surface area contributed by atoms with E-state index in [9.17, 15) is 4.79 Å². The molecule has 4 nitrogen and oxygen atoms in total. The van der Waals surface area contributed by atoms with Crippen molar-refractivity contribution in [1.82, 2.24) is 5.32 Å². The summed E-state index contributed by atoms with van der Waals surface area (Å²) in [5.74, 6) is 0.611. The van der Waals surface area contributed by atoms with Crippen LogP contribution in [0.2, 0.25) is 0 Å². The molecule has 0 aliphatic rings. The van der Waals surface area contributed by atoms with Gasteiger partial charge in [-0.25, -0.2) is 0 Å². The number of nitrogens with two attached hydrogens (primary N) is 1. The average Bonchev–Trinajstić information content (AvgIpc) is 2.36. The topological polar surface area (TPSA) is 64.3 Å². The summed E-state index contributed by atoms with van der Waals surface area (Å²) in [4.78, 5) is 12.1. The highest BCUT2D eigenvalue weighted by atomic mass is 32.1. The van der Waals surface area contributed by atoms with Crippen molar-refractivity contribution < 1.29 is 9.53 Å². The Hall–Kier alpha value is -1.62. The van der Waals surface area contributed by atoms with Gasteiger partial charge in [0.15, 0.2) is 0 Å². The van der Waals surface area contributed by atoms with Crippen molar-refractivity contribution in [2.75, 3.05) is 7.11 Å². The lowest BCUT2D eigenvalue weighted by Gasteiger charge is -2.21. The Kier molecular flexibility index (Phi) is 4.67. The van der Waals surface area contributed by atoms with E-state index in [0.29, 0.717) is 6.54 Å². The van der Waals surface area contributed by atoms with Gasteiger partial charge in [-0.2, -0.15) is 0 Å². The number of amides is 1. The van der Waals surface area contributed by atoms with Gasteiger partial charge >= 0.3 is 0 Å². The van der Waals surface area contributed by atoms with Crippen LogP contribution in [0.5, 0.6) is 5.75 Å². The van der Waals surface area contributed by atoms with Crippen molar-refractivity contribution in [3.63, 3.8) is 0 Å². The molecule has 0 spiro atoms. The highest BCUT2D eigenvalue weighted by Crippen LogP contribution is 2.16. The number of hydrogen-bond donors (Lipinski definition) is 2. The third kappa shape index (κ3) is 3.43. The summed E-state index contributed by atoms with van der Waals surface area (Å²) in [6.07, 6.45) is 0. The number of ether oxygens (including phenoxy) is 1. The first-order valence-corrected chi connectivity index (χ1v) is 6.00. The molecule has 1 rings (SSSR count). The van der Waals surface area contributed by atoms with E-state index in [-0.39, 0.29) is 10.9 Å². The van der Waals surface area contributed by atoms with E-state index in [4.69, 9.17) is 22.7 Å². The molecule has 0 bridgehead atoms. The van der Waals surface area contributed by atoms with Gasteiger partial charge in [0.1, 0.15) is 5.75 Å². The third-order valence-corrected chi connectivity index (χ3v) is 3.31. The van der Waals surface area contributed by atoms with Gasteiger partial charge in [-0.05, 0) is 31.5 Å². The Morgan fingerprint density at radius 1 is 1.39 bits per heavy atom. The van der Waals surface area contributed by atoms with Crippen molar-refractivity contribution in [3.8, 4) is 5.75 Å². The minimum absolute atomic E-state index is 0.175. The zero-order valence-electron chi connectivity index (χ0n) is 10.8. The summed E-state index contributed by atoms with van der Waals surface area (Å²) in [6.45, 7) is 3.85. The fourth-order valence-corrected chi connectivity index (χ4v) is 1.35. The predicted molar refractivity (Wildman–Crippen MR) is 75.4 cm³/mol. The molecular weight excluding hydrogens is 248 g/mol. The zero-order chi connectivity index (χ0) is 13.8. The van der Waals surface area contributed by atoms with E-state index < -0.39 is 5.41 Å².